The summed E-state index contributed by atoms with van der Waals surface area (Å²) in [6.07, 6.45) is 4.67. The van der Waals surface area contributed by atoms with Gasteiger partial charge >= 0.3 is 0 Å². The molecule has 0 aromatic heterocycles. The number of thiocarbonyl (C=S) groups is 1. The first-order valence-electron chi connectivity index (χ1n) is 8.65. The first-order valence-corrected chi connectivity index (χ1v) is 9.88. The minimum atomic E-state index is -0.0571. The van der Waals surface area contributed by atoms with Crippen LogP contribution in [0.2, 0.25) is 0 Å². The number of rotatable bonds is 10. The molecule has 1 fully saturated rings. The average Bonchev–Trinajstić information content (AvgIpc) is 2.90. The van der Waals surface area contributed by atoms with Crippen molar-refractivity contribution in [1.82, 2.24) is 4.90 Å². The normalized spacial score (nSPS) is 15.8. The van der Waals surface area contributed by atoms with Gasteiger partial charge in [0, 0.05) is 20.3 Å². The van der Waals surface area contributed by atoms with E-state index in [1.807, 2.05) is 24.3 Å². The van der Waals surface area contributed by atoms with Gasteiger partial charge in [-0.2, -0.15) is 0 Å². The molecule has 1 aromatic carbocycles. The third-order valence-corrected chi connectivity index (χ3v) is 5.22. The molecule has 0 spiro atoms. The highest BCUT2D eigenvalue weighted by Crippen LogP contribution is 2.34. The van der Waals surface area contributed by atoms with Crippen LogP contribution in [0.25, 0.3) is 6.08 Å². The Morgan fingerprint density at radius 3 is 2.69 bits per heavy atom. The molecule has 1 heterocycles. The van der Waals surface area contributed by atoms with Crippen molar-refractivity contribution >= 4 is 40.3 Å². The van der Waals surface area contributed by atoms with Gasteiger partial charge in [0.1, 0.15) is 4.32 Å². The largest absolute Gasteiger partial charge is 0.493 e. The molecule has 1 amide bonds. The number of carbonyl (C=O) groups excluding carboxylic acids is 1. The number of hydrogen-bond acceptors (Lipinski definition) is 6. The molecule has 0 saturated carbocycles. The lowest BCUT2D eigenvalue weighted by atomic mass is 10.2. The number of carbonyl (C=O) groups is 1. The van der Waals surface area contributed by atoms with Crippen LogP contribution in [0.3, 0.4) is 0 Å². The standard InChI is InChI=1S/C19H25NO4S2/c1-4-5-11-24-15-8-7-14(12-16(15)23-3)13-17-18(21)20(19(25)26-17)9-6-10-22-2/h7-8,12-13H,4-6,9-11H2,1-3H3. The molecule has 1 aliphatic heterocycles. The summed E-state index contributed by atoms with van der Waals surface area (Å²) in [5.74, 6) is 1.31. The Kier molecular flexibility index (Phi) is 8.41. The second-order valence-corrected chi connectivity index (χ2v) is 7.47. The topological polar surface area (TPSA) is 48.0 Å². The number of amides is 1. The van der Waals surface area contributed by atoms with Crippen molar-refractivity contribution in [3.8, 4) is 11.5 Å². The average molecular weight is 396 g/mol. The maximum Gasteiger partial charge on any atom is 0.266 e. The van der Waals surface area contributed by atoms with Gasteiger partial charge in [-0.1, -0.05) is 43.4 Å². The summed E-state index contributed by atoms with van der Waals surface area (Å²) in [6.45, 7) is 3.96. The highest BCUT2D eigenvalue weighted by atomic mass is 32.2. The summed E-state index contributed by atoms with van der Waals surface area (Å²) in [6, 6.07) is 5.67. The van der Waals surface area contributed by atoms with Gasteiger partial charge in [0.05, 0.1) is 18.6 Å². The Bertz CT molecular complexity index is 676. The van der Waals surface area contributed by atoms with E-state index in [1.54, 1.807) is 19.1 Å². The van der Waals surface area contributed by atoms with Crippen LogP contribution in [-0.4, -0.2) is 49.1 Å². The molecule has 0 aliphatic carbocycles. The third-order valence-electron chi connectivity index (χ3n) is 3.84. The highest BCUT2D eigenvalue weighted by molar-refractivity contribution is 8.26. The number of benzene rings is 1. The zero-order valence-electron chi connectivity index (χ0n) is 15.4. The van der Waals surface area contributed by atoms with Gasteiger partial charge in [0.15, 0.2) is 11.5 Å². The Labute approximate surface area is 164 Å². The van der Waals surface area contributed by atoms with Crippen molar-refractivity contribution in [2.45, 2.75) is 26.2 Å². The Hall–Kier alpha value is -1.57. The van der Waals surface area contributed by atoms with Gasteiger partial charge in [0.25, 0.3) is 5.91 Å². The number of ether oxygens (including phenoxy) is 3. The predicted octanol–water partition coefficient (Wildman–Crippen LogP) is 4.11. The van der Waals surface area contributed by atoms with Crippen LogP contribution in [0.5, 0.6) is 11.5 Å². The van der Waals surface area contributed by atoms with Crippen LogP contribution in [0, 0.1) is 0 Å². The number of methoxy groups -OCH3 is 2. The van der Waals surface area contributed by atoms with Gasteiger partial charge in [-0.15, -0.1) is 0 Å². The molecular weight excluding hydrogens is 370 g/mol. The number of hydrogen-bond donors (Lipinski definition) is 0. The van der Waals surface area contributed by atoms with E-state index in [0.29, 0.717) is 40.5 Å². The lowest BCUT2D eigenvalue weighted by molar-refractivity contribution is -0.122. The molecule has 0 unspecified atom stereocenters. The first-order chi connectivity index (χ1) is 12.6. The smallest absolute Gasteiger partial charge is 0.266 e. The molecule has 142 valence electrons. The van der Waals surface area contributed by atoms with E-state index in [2.05, 4.69) is 6.92 Å². The van der Waals surface area contributed by atoms with E-state index < -0.39 is 0 Å². The molecular formula is C19H25NO4S2. The molecule has 0 bridgehead atoms. The fourth-order valence-electron chi connectivity index (χ4n) is 2.43. The number of nitrogens with zero attached hydrogens (tertiary/aromatic N) is 1. The van der Waals surface area contributed by atoms with Crippen molar-refractivity contribution in [3.05, 3.63) is 28.7 Å². The lowest BCUT2D eigenvalue weighted by Gasteiger charge is -2.13. The molecule has 0 atom stereocenters. The second kappa shape index (κ2) is 10.5. The monoisotopic (exact) mass is 395 g/mol. The molecule has 26 heavy (non-hydrogen) atoms. The van der Waals surface area contributed by atoms with Gasteiger partial charge in [-0.25, -0.2) is 0 Å². The minimum absolute atomic E-state index is 0.0571. The van der Waals surface area contributed by atoms with E-state index >= 15 is 0 Å². The summed E-state index contributed by atoms with van der Waals surface area (Å²) in [5, 5.41) is 0. The fourth-order valence-corrected chi connectivity index (χ4v) is 3.74. The van der Waals surface area contributed by atoms with Crippen LogP contribution >= 0.6 is 24.0 Å². The van der Waals surface area contributed by atoms with Crippen LogP contribution < -0.4 is 9.47 Å². The molecule has 5 nitrogen and oxygen atoms in total. The first kappa shape index (κ1) is 20.7. The van der Waals surface area contributed by atoms with E-state index in [4.69, 9.17) is 26.4 Å². The van der Waals surface area contributed by atoms with Gasteiger partial charge in [0.2, 0.25) is 0 Å². The fraction of sp³-hybridized carbons (Fsp3) is 0.474. The molecule has 1 aromatic rings. The van der Waals surface area contributed by atoms with E-state index in [9.17, 15) is 4.79 Å². The summed E-state index contributed by atoms with van der Waals surface area (Å²) in [5.41, 5.74) is 0.877. The molecule has 1 saturated heterocycles. The molecule has 0 N–H and O–H groups in total. The van der Waals surface area contributed by atoms with E-state index in [1.165, 1.54) is 11.8 Å². The molecule has 2 rings (SSSR count). The molecule has 7 heteroatoms. The van der Waals surface area contributed by atoms with E-state index in [0.717, 1.165) is 24.8 Å². The summed E-state index contributed by atoms with van der Waals surface area (Å²) in [7, 11) is 3.26. The Morgan fingerprint density at radius 1 is 1.19 bits per heavy atom. The molecule has 0 radical (unpaired) electrons. The SMILES string of the molecule is CCCCOc1ccc(C=C2SC(=S)N(CCCOC)C2=O)cc1OC. The van der Waals surface area contributed by atoms with Crippen LogP contribution in [0.4, 0.5) is 0 Å². The van der Waals surface area contributed by atoms with Crippen molar-refractivity contribution in [2.24, 2.45) is 0 Å². The van der Waals surface area contributed by atoms with Crippen molar-refractivity contribution < 1.29 is 19.0 Å². The Balaban J connectivity index is 2.11. The van der Waals surface area contributed by atoms with Crippen molar-refractivity contribution in [2.75, 3.05) is 34.0 Å². The maximum absolute atomic E-state index is 12.6. The van der Waals surface area contributed by atoms with Crippen LogP contribution in [0.15, 0.2) is 23.1 Å². The summed E-state index contributed by atoms with van der Waals surface area (Å²) >= 11 is 6.66. The van der Waals surface area contributed by atoms with Crippen molar-refractivity contribution in [3.63, 3.8) is 0 Å². The van der Waals surface area contributed by atoms with E-state index in [-0.39, 0.29) is 5.91 Å². The quantitative estimate of drug-likeness (QED) is 0.338. The zero-order valence-corrected chi connectivity index (χ0v) is 17.1. The summed E-state index contributed by atoms with van der Waals surface area (Å²) < 4.78 is 16.8. The third kappa shape index (κ3) is 5.46. The minimum Gasteiger partial charge on any atom is -0.493 e. The van der Waals surface area contributed by atoms with Gasteiger partial charge < -0.3 is 14.2 Å². The van der Waals surface area contributed by atoms with Crippen LogP contribution in [0.1, 0.15) is 31.7 Å². The summed E-state index contributed by atoms with van der Waals surface area (Å²) in [4.78, 5) is 14.8. The maximum atomic E-state index is 12.6. The van der Waals surface area contributed by atoms with Gasteiger partial charge in [-0.05, 0) is 36.6 Å². The second-order valence-electron chi connectivity index (χ2n) is 5.79. The Morgan fingerprint density at radius 2 is 2.00 bits per heavy atom. The van der Waals surface area contributed by atoms with Crippen molar-refractivity contribution in [1.29, 1.82) is 0 Å². The molecule has 1 aliphatic rings. The zero-order chi connectivity index (χ0) is 18.9. The lowest BCUT2D eigenvalue weighted by Crippen LogP contribution is -2.29. The van der Waals surface area contributed by atoms with Gasteiger partial charge in [-0.3, -0.25) is 9.69 Å². The van der Waals surface area contributed by atoms with Crippen LogP contribution in [-0.2, 0) is 9.53 Å². The highest BCUT2D eigenvalue weighted by Gasteiger charge is 2.31. The predicted molar refractivity (Wildman–Crippen MR) is 110 cm³/mol. The number of unbranched alkanes of at least 4 members (excludes halogenated alkanes) is 1. The number of thioether (sulfide) groups is 1.